The fraction of sp³-hybridized carbons (Fsp3) is 1.00. The van der Waals surface area contributed by atoms with Crippen molar-refractivity contribution in [2.24, 2.45) is 5.41 Å². The van der Waals surface area contributed by atoms with E-state index in [1.807, 2.05) is 0 Å². The van der Waals surface area contributed by atoms with Gasteiger partial charge < -0.3 is 17.7 Å². The van der Waals surface area contributed by atoms with Gasteiger partial charge in [-0.25, -0.2) is 0 Å². The standard InChI is InChI=1S/C23H49N.ClH/c1-5-6-7-8-15-18-21-24-22-19-16-13-11-9-10-12-14-17-20-23(2,3)4;/h24H,5-22H2,1-4H3;1H. The summed E-state index contributed by atoms with van der Waals surface area (Å²) in [7, 11) is 0. The van der Waals surface area contributed by atoms with E-state index in [-0.39, 0.29) is 12.4 Å². The zero-order valence-electron chi connectivity index (χ0n) is 18.2. The Balaban J connectivity index is 0. The van der Waals surface area contributed by atoms with Gasteiger partial charge >= 0.3 is 0 Å². The van der Waals surface area contributed by atoms with Gasteiger partial charge in [-0.3, -0.25) is 0 Å². The Bertz CT molecular complexity index is 235. The predicted molar refractivity (Wildman–Crippen MR) is 111 cm³/mol. The highest BCUT2D eigenvalue weighted by molar-refractivity contribution is 4.61. The molecule has 0 bridgehead atoms. The van der Waals surface area contributed by atoms with Crippen LogP contribution in [0.1, 0.15) is 130 Å². The van der Waals surface area contributed by atoms with Gasteiger partial charge in [0.15, 0.2) is 0 Å². The van der Waals surface area contributed by atoms with Gasteiger partial charge in [0, 0.05) is 0 Å². The van der Waals surface area contributed by atoms with E-state index in [2.05, 4.69) is 33.0 Å². The number of hydrogen-bond donors (Lipinski definition) is 1. The van der Waals surface area contributed by atoms with Crippen LogP contribution in [0.25, 0.3) is 0 Å². The van der Waals surface area contributed by atoms with Crippen LogP contribution in [0.15, 0.2) is 0 Å². The van der Waals surface area contributed by atoms with E-state index in [0.717, 1.165) is 0 Å². The normalized spacial score (nSPS) is 11.5. The Labute approximate surface area is 166 Å². The van der Waals surface area contributed by atoms with Crippen LogP contribution in [-0.4, -0.2) is 13.1 Å². The van der Waals surface area contributed by atoms with Crippen LogP contribution in [0, 0.1) is 5.41 Å². The molecule has 2 heteroatoms. The Morgan fingerprint density at radius 2 is 0.880 bits per heavy atom. The average Bonchev–Trinajstić information content (AvgIpc) is 2.52. The second-order valence-electron chi connectivity index (χ2n) is 9.13. The quantitative estimate of drug-likeness (QED) is 0.350. The highest BCUT2D eigenvalue weighted by atomic mass is 35.5. The van der Waals surface area contributed by atoms with Crippen LogP contribution < -0.4 is 17.7 Å². The summed E-state index contributed by atoms with van der Waals surface area (Å²) in [5.41, 5.74) is 0.534. The summed E-state index contributed by atoms with van der Waals surface area (Å²) in [6.45, 7) is 12.1. The molecule has 2 N–H and O–H groups in total. The third-order valence-electron chi connectivity index (χ3n) is 5.10. The first kappa shape index (κ1) is 27.5. The lowest BCUT2D eigenvalue weighted by atomic mass is 9.89. The summed E-state index contributed by atoms with van der Waals surface area (Å²) in [4.78, 5) is 0. The molecule has 0 aromatic heterocycles. The summed E-state index contributed by atoms with van der Waals surface area (Å²) in [5, 5.41) is 2.55. The monoisotopic (exact) mass is 375 g/mol. The van der Waals surface area contributed by atoms with E-state index < -0.39 is 0 Å². The highest BCUT2D eigenvalue weighted by Crippen LogP contribution is 2.22. The fourth-order valence-electron chi connectivity index (χ4n) is 3.39. The van der Waals surface area contributed by atoms with Crippen LogP contribution in [0.2, 0.25) is 0 Å². The summed E-state index contributed by atoms with van der Waals surface area (Å²) in [5.74, 6) is 0. The van der Waals surface area contributed by atoms with Crippen LogP contribution in [0.4, 0.5) is 0 Å². The Morgan fingerprint density at radius 3 is 1.28 bits per heavy atom. The van der Waals surface area contributed by atoms with Gasteiger partial charge in [-0.2, -0.15) is 0 Å². The van der Waals surface area contributed by atoms with Crippen LogP contribution >= 0.6 is 0 Å². The second-order valence-corrected chi connectivity index (χ2v) is 9.13. The maximum absolute atomic E-state index is 2.55. The van der Waals surface area contributed by atoms with E-state index in [4.69, 9.17) is 0 Å². The smallest absolute Gasteiger partial charge is 0.0755 e. The van der Waals surface area contributed by atoms with Gasteiger partial charge in [0.2, 0.25) is 0 Å². The molecule has 25 heavy (non-hydrogen) atoms. The zero-order chi connectivity index (χ0) is 17.9. The van der Waals surface area contributed by atoms with Gasteiger partial charge in [0.25, 0.3) is 0 Å². The minimum absolute atomic E-state index is 0. The van der Waals surface area contributed by atoms with Crippen LogP contribution in [-0.2, 0) is 0 Å². The summed E-state index contributed by atoms with van der Waals surface area (Å²) < 4.78 is 0. The lowest BCUT2D eigenvalue weighted by Crippen LogP contribution is -3.00. The van der Waals surface area contributed by atoms with Crippen molar-refractivity contribution in [3.8, 4) is 0 Å². The molecule has 0 aromatic rings. The molecule has 0 saturated heterocycles. The third-order valence-corrected chi connectivity index (χ3v) is 5.10. The first-order chi connectivity index (χ1) is 11.6. The molecule has 0 aliphatic carbocycles. The number of nitrogens with two attached hydrogens (primary N) is 1. The van der Waals surface area contributed by atoms with Crippen molar-refractivity contribution in [3.05, 3.63) is 0 Å². The third kappa shape index (κ3) is 26.6. The van der Waals surface area contributed by atoms with Crippen LogP contribution in [0.5, 0.6) is 0 Å². The molecule has 0 aliphatic heterocycles. The van der Waals surface area contributed by atoms with Crippen molar-refractivity contribution in [2.75, 3.05) is 13.1 Å². The molecule has 154 valence electrons. The zero-order valence-corrected chi connectivity index (χ0v) is 18.9. The molecule has 0 atom stereocenters. The number of hydrogen-bond acceptors (Lipinski definition) is 0. The molecule has 1 nitrogen and oxygen atoms in total. The summed E-state index contributed by atoms with van der Waals surface area (Å²) in [6.07, 6.45) is 23.1. The molecule has 0 aliphatic rings. The molecule has 0 aromatic carbocycles. The molecule has 0 saturated carbocycles. The second kappa shape index (κ2) is 20.6. The number of rotatable bonds is 18. The van der Waals surface area contributed by atoms with Crippen molar-refractivity contribution in [1.82, 2.24) is 0 Å². The Morgan fingerprint density at radius 1 is 0.520 bits per heavy atom. The van der Waals surface area contributed by atoms with E-state index in [1.54, 1.807) is 0 Å². The van der Waals surface area contributed by atoms with E-state index >= 15 is 0 Å². The average molecular weight is 376 g/mol. The van der Waals surface area contributed by atoms with Crippen molar-refractivity contribution in [2.45, 2.75) is 130 Å². The fourth-order valence-corrected chi connectivity index (χ4v) is 3.39. The predicted octanol–water partition coefficient (Wildman–Crippen LogP) is 3.86. The molecular weight excluding hydrogens is 326 g/mol. The maximum atomic E-state index is 2.55. The molecule has 0 amide bonds. The van der Waals surface area contributed by atoms with E-state index in [1.165, 1.54) is 116 Å². The molecule has 0 radical (unpaired) electrons. The summed E-state index contributed by atoms with van der Waals surface area (Å²) in [6, 6.07) is 0. The van der Waals surface area contributed by atoms with Gasteiger partial charge in [-0.15, -0.1) is 0 Å². The molecule has 0 spiro atoms. The van der Waals surface area contributed by atoms with Gasteiger partial charge in [-0.05, 0) is 37.5 Å². The van der Waals surface area contributed by atoms with E-state index in [9.17, 15) is 0 Å². The number of quaternary nitrogens is 1. The summed E-state index contributed by atoms with van der Waals surface area (Å²) >= 11 is 0. The van der Waals surface area contributed by atoms with E-state index in [0.29, 0.717) is 5.41 Å². The number of halogens is 1. The lowest BCUT2D eigenvalue weighted by molar-refractivity contribution is -0.655. The Kier molecular flexibility index (Phi) is 22.6. The van der Waals surface area contributed by atoms with Crippen molar-refractivity contribution < 1.29 is 17.7 Å². The molecular formula is C23H50ClN. The molecule has 0 unspecified atom stereocenters. The molecule has 0 fully saturated rings. The van der Waals surface area contributed by atoms with Gasteiger partial charge in [0.1, 0.15) is 0 Å². The Hall–Kier alpha value is 0.250. The van der Waals surface area contributed by atoms with Crippen molar-refractivity contribution in [1.29, 1.82) is 0 Å². The van der Waals surface area contributed by atoms with Crippen molar-refractivity contribution in [3.63, 3.8) is 0 Å². The lowest BCUT2D eigenvalue weighted by Gasteiger charge is -2.17. The first-order valence-electron chi connectivity index (χ1n) is 11.4. The van der Waals surface area contributed by atoms with Gasteiger partial charge in [-0.1, -0.05) is 98.3 Å². The number of unbranched alkanes of at least 4 members (excludes halogenated alkanes) is 13. The molecule has 0 rings (SSSR count). The minimum atomic E-state index is 0. The van der Waals surface area contributed by atoms with Crippen molar-refractivity contribution >= 4 is 0 Å². The maximum Gasteiger partial charge on any atom is 0.0755 e. The topological polar surface area (TPSA) is 16.6 Å². The highest BCUT2D eigenvalue weighted by Gasteiger charge is 2.08. The minimum Gasteiger partial charge on any atom is -1.00 e. The van der Waals surface area contributed by atoms with Gasteiger partial charge in [0.05, 0.1) is 13.1 Å². The van der Waals surface area contributed by atoms with Crippen LogP contribution in [0.3, 0.4) is 0 Å². The first-order valence-corrected chi connectivity index (χ1v) is 11.4. The molecule has 0 heterocycles. The SMILES string of the molecule is CCCCCCCC[NH2+]CCCCCCCCCCCC(C)(C)C.[Cl-]. The largest absolute Gasteiger partial charge is 1.00 e.